The number of benzene rings is 2. The normalized spacial score (nSPS) is 26.0. The largest absolute Gasteiger partial charge is 0.390 e. The number of aliphatic hydroxyl groups excluding tert-OH is 2. The van der Waals surface area contributed by atoms with Gasteiger partial charge in [0.05, 0.1) is 12.2 Å². The van der Waals surface area contributed by atoms with Gasteiger partial charge in [-0.25, -0.2) is 0 Å². The highest BCUT2D eigenvalue weighted by Crippen LogP contribution is 2.23. The Hall–Kier alpha value is -1.68. The lowest BCUT2D eigenvalue weighted by atomic mass is 9.87. The molecule has 3 rings (SSSR count). The summed E-state index contributed by atoms with van der Waals surface area (Å²) in [4.78, 5) is 2.24. The molecule has 3 atom stereocenters. The van der Waals surface area contributed by atoms with Gasteiger partial charge in [0.15, 0.2) is 0 Å². The molecule has 2 N–H and O–H groups in total. The fourth-order valence-corrected chi connectivity index (χ4v) is 3.27. The molecule has 1 heterocycles. The van der Waals surface area contributed by atoms with Gasteiger partial charge in [0.2, 0.25) is 0 Å². The van der Waals surface area contributed by atoms with Gasteiger partial charge in [0, 0.05) is 25.6 Å². The number of aliphatic hydroxyl groups is 2. The second kappa shape index (κ2) is 7.05. The number of nitrogens with zero attached hydrogens (tertiary/aromatic N) is 1. The number of hydrogen-bond donors (Lipinski definition) is 2. The van der Waals surface area contributed by atoms with E-state index in [1.54, 1.807) is 0 Å². The summed E-state index contributed by atoms with van der Waals surface area (Å²) >= 11 is 0. The van der Waals surface area contributed by atoms with Crippen molar-refractivity contribution in [2.45, 2.75) is 25.2 Å². The SMILES string of the molecule is O[C@@H]1[C@@H](Cc2ccccc2)CN(Cc2ccccc2)C[C@H]1O. The molecule has 1 fully saturated rings. The van der Waals surface area contributed by atoms with Crippen LogP contribution in [0.4, 0.5) is 0 Å². The number of rotatable bonds is 4. The van der Waals surface area contributed by atoms with Crippen LogP contribution in [0.15, 0.2) is 60.7 Å². The van der Waals surface area contributed by atoms with Gasteiger partial charge in [0.25, 0.3) is 0 Å². The third-order valence-electron chi connectivity index (χ3n) is 4.40. The summed E-state index contributed by atoms with van der Waals surface area (Å²) in [7, 11) is 0. The van der Waals surface area contributed by atoms with E-state index in [9.17, 15) is 10.2 Å². The van der Waals surface area contributed by atoms with Gasteiger partial charge in [-0.15, -0.1) is 0 Å². The summed E-state index contributed by atoms with van der Waals surface area (Å²) < 4.78 is 0. The van der Waals surface area contributed by atoms with Crippen LogP contribution >= 0.6 is 0 Å². The number of hydrogen-bond acceptors (Lipinski definition) is 3. The molecule has 0 bridgehead atoms. The lowest BCUT2D eigenvalue weighted by molar-refractivity contribution is -0.0756. The summed E-state index contributed by atoms with van der Waals surface area (Å²) in [5.41, 5.74) is 2.45. The quantitative estimate of drug-likeness (QED) is 0.908. The molecule has 3 heteroatoms. The molecular formula is C19H23NO2. The summed E-state index contributed by atoms with van der Waals surface area (Å²) in [5.74, 6) is 0.0647. The molecule has 0 unspecified atom stereocenters. The minimum atomic E-state index is -0.675. The summed E-state index contributed by atoms with van der Waals surface area (Å²) in [6, 6.07) is 20.5. The first-order valence-electron chi connectivity index (χ1n) is 7.88. The van der Waals surface area contributed by atoms with E-state index in [1.807, 2.05) is 36.4 Å². The Bertz CT molecular complexity index is 573. The molecule has 1 saturated heterocycles. The van der Waals surface area contributed by atoms with Gasteiger partial charge in [-0.3, -0.25) is 4.90 Å². The van der Waals surface area contributed by atoms with Crippen LogP contribution in [0.5, 0.6) is 0 Å². The van der Waals surface area contributed by atoms with E-state index in [1.165, 1.54) is 11.1 Å². The Labute approximate surface area is 131 Å². The lowest BCUT2D eigenvalue weighted by Gasteiger charge is -2.39. The predicted octanol–water partition coefficient (Wildman–Crippen LogP) is 2.08. The third kappa shape index (κ3) is 3.74. The van der Waals surface area contributed by atoms with Crippen LogP contribution in [-0.4, -0.2) is 40.4 Å². The maximum Gasteiger partial charge on any atom is 0.0929 e. The number of piperidine rings is 1. The van der Waals surface area contributed by atoms with E-state index in [0.29, 0.717) is 6.54 Å². The van der Waals surface area contributed by atoms with Crippen LogP contribution in [0.3, 0.4) is 0 Å². The Balaban J connectivity index is 1.67. The minimum absolute atomic E-state index is 0.0647. The molecule has 0 aliphatic carbocycles. The van der Waals surface area contributed by atoms with E-state index in [2.05, 4.69) is 29.2 Å². The van der Waals surface area contributed by atoms with Crippen molar-refractivity contribution in [3.05, 3.63) is 71.8 Å². The molecule has 0 amide bonds. The molecule has 116 valence electrons. The van der Waals surface area contributed by atoms with Crippen molar-refractivity contribution in [2.75, 3.05) is 13.1 Å². The average molecular weight is 297 g/mol. The van der Waals surface area contributed by atoms with Crippen molar-refractivity contribution in [1.82, 2.24) is 4.90 Å². The van der Waals surface area contributed by atoms with Crippen LogP contribution in [0.2, 0.25) is 0 Å². The zero-order chi connectivity index (χ0) is 15.4. The van der Waals surface area contributed by atoms with Gasteiger partial charge in [0.1, 0.15) is 0 Å². The van der Waals surface area contributed by atoms with Crippen molar-refractivity contribution in [3.63, 3.8) is 0 Å². The van der Waals surface area contributed by atoms with Crippen LogP contribution < -0.4 is 0 Å². The predicted molar refractivity (Wildman–Crippen MR) is 87.4 cm³/mol. The zero-order valence-corrected chi connectivity index (χ0v) is 12.7. The smallest absolute Gasteiger partial charge is 0.0929 e. The first-order valence-corrected chi connectivity index (χ1v) is 7.88. The van der Waals surface area contributed by atoms with Gasteiger partial charge in [-0.2, -0.15) is 0 Å². The van der Waals surface area contributed by atoms with Crippen molar-refractivity contribution in [1.29, 1.82) is 0 Å². The molecule has 0 aromatic heterocycles. The topological polar surface area (TPSA) is 43.7 Å². The van der Waals surface area contributed by atoms with E-state index in [-0.39, 0.29) is 5.92 Å². The molecule has 2 aromatic carbocycles. The monoisotopic (exact) mass is 297 g/mol. The Morgan fingerprint density at radius 3 is 2.05 bits per heavy atom. The van der Waals surface area contributed by atoms with Crippen LogP contribution in [-0.2, 0) is 13.0 Å². The molecule has 0 spiro atoms. The van der Waals surface area contributed by atoms with Gasteiger partial charge >= 0.3 is 0 Å². The van der Waals surface area contributed by atoms with Crippen molar-refractivity contribution in [3.8, 4) is 0 Å². The highest BCUT2D eigenvalue weighted by Gasteiger charge is 2.34. The molecule has 3 nitrogen and oxygen atoms in total. The summed E-state index contributed by atoms with van der Waals surface area (Å²) in [6.45, 7) is 2.15. The second-order valence-electron chi connectivity index (χ2n) is 6.19. The van der Waals surface area contributed by atoms with E-state index in [4.69, 9.17) is 0 Å². The Morgan fingerprint density at radius 2 is 1.41 bits per heavy atom. The first-order chi connectivity index (χ1) is 10.7. The number of β-amino-alcohol motifs (C(OH)–C–C–N with tert-alkyl or cyclic N) is 1. The highest BCUT2D eigenvalue weighted by atomic mass is 16.3. The third-order valence-corrected chi connectivity index (χ3v) is 4.40. The Kier molecular flexibility index (Phi) is 4.88. The van der Waals surface area contributed by atoms with Gasteiger partial charge in [-0.1, -0.05) is 60.7 Å². The molecule has 0 saturated carbocycles. The van der Waals surface area contributed by atoms with Crippen LogP contribution in [0, 0.1) is 5.92 Å². The standard InChI is InChI=1S/C19H23NO2/c21-18-14-20(12-16-9-5-2-6-10-16)13-17(19(18)22)11-15-7-3-1-4-8-15/h1-10,17-19,21-22H,11-14H2/t17-,18+,19+/m0/s1. The minimum Gasteiger partial charge on any atom is -0.390 e. The molecule has 0 radical (unpaired) electrons. The van der Waals surface area contributed by atoms with Gasteiger partial charge < -0.3 is 10.2 Å². The number of likely N-dealkylation sites (tertiary alicyclic amines) is 1. The van der Waals surface area contributed by atoms with Crippen LogP contribution in [0.1, 0.15) is 11.1 Å². The fraction of sp³-hybridized carbons (Fsp3) is 0.368. The first kappa shape index (κ1) is 15.2. The summed E-state index contributed by atoms with van der Waals surface area (Å²) in [5, 5.41) is 20.5. The highest BCUT2D eigenvalue weighted by molar-refractivity contribution is 5.17. The van der Waals surface area contributed by atoms with Crippen molar-refractivity contribution < 1.29 is 10.2 Å². The van der Waals surface area contributed by atoms with E-state index >= 15 is 0 Å². The maximum atomic E-state index is 10.3. The molecule has 1 aliphatic rings. The van der Waals surface area contributed by atoms with Crippen LogP contribution in [0.25, 0.3) is 0 Å². The Morgan fingerprint density at radius 1 is 0.818 bits per heavy atom. The van der Waals surface area contributed by atoms with Crippen molar-refractivity contribution >= 4 is 0 Å². The molecular weight excluding hydrogens is 274 g/mol. The lowest BCUT2D eigenvalue weighted by Crippen LogP contribution is -2.52. The maximum absolute atomic E-state index is 10.3. The summed E-state index contributed by atoms with van der Waals surface area (Å²) in [6.07, 6.45) is -0.525. The van der Waals surface area contributed by atoms with E-state index in [0.717, 1.165) is 19.5 Å². The van der Waals surface area contributed by atoms with E-state index < -0.39 is 12.2 Å². The molecule has 2 aromatic rings. The molecule has 1 aliphatic heterocycles. The molecule has 22 heavy (non-hydrogen) atoms. The second-order valence-corrected chi connectivity index (χ2v) is 6.19. The van der Waals surface area contributed by atoms with Gasteiger partial charge in [-0.05, 0) is 17.5 Å². The van der Waals surface area contributed by atoms with Crippen molar-refractivity contribution in [2.24, 2.45) is 5.92 Å². The average Bonchev–Trinajstić information content (AvgIpc) is 2.54. The zero-order valence-electron chi connectivity index (χ0n) is 12.7. The fourth-order valence-electron chi connectivity index (χ4n) is 3.27.